The third kappa shape index (κ3) is 3.40. The molecule has 20 heavy (non-hydrogen) atoms. The van der Waals surface area contributed by atoms with E-state index in [1.54, 1.807) is 6.07 Å². The van der Waals surface area contributed by atoms with Gasteiger partial charge in [-0.05, 0) is 19.4 Å². The smallest absolute Gasteiger partial charge is 0.255 e. The summed E-state index contributed by atoms with van der Waals surface area (Å²) in [6, 6.07) is 1.94. The highest BCUT2D eigenvalue weighted by atomic mass is 32.1. The van der Waals surface area contributed by atoms with Crippen molar-refractivity contribution in [2.75, 3.05) is 19.8 Å². The third-order valence-electron chi connectivity index (χ3n) is 3.34. The number of hydrogen-bond donors (Lipinski definition) is 1. The maximum absolute atomic E-state index is 12.6. The van der Waals surface area contributed by atoms with Gasteiger partial charge in [0.1, 0.15) is 6.61 Å². The zero-order valence-corrected chi connectivity index (χ0v) is 12.6. The van der Waals surface area contributed by atoms with E-state index in [0.717, 1.165) is 11.3 Å². The van der Waals surface area contributed by atoms with Crippen molar-refractivity contribution >= 4 is 17.2 Å². The molecule has 0 aliphatic carbocycles. The summed E-state index contributed by atoms with van der Waals surface area (Å²) in [5.74, 6) is 5.47. The Hall–Kier alpha value is -1.35. The second kappa shape index (κ2) is 6.89. The van der Waals surface area contributed by atoms with Gasteiger partial charge in [-0.1, -0.05) is 18.8 Å². The molecule has 0 saturated carbocycles. The molecule has 1 aliphatic rings. The van der Waals surface area contributed by atoms with Crippen molar-refractivity contribution in [3.05, 3.63) is 21.9 Å². The first-order valence-electron chi connectivity index (χ1n) is 6.76. The number of carbonyl (C=O) groups excluding carboxylic acids is 1. The van der Waals surface area contributed by atoms with E-state index in [-0.39, 0.29) is 24.7 Å². The highest BCUT2D eigenvalue weighted by Crippen LogP contribution is 2.21. The third-order valence-corrected chi connectivity index (χ3v) is 4.18. The lowest BCUT2D eigenvalue weighted by Crippen LogP contribution is -2.51. The van der Waals surface area contributed by atoms with E-state index in [4.69, 9.17) is 9.84 Å². The van der Waals surface area contributed by atoms with Crippen LogP contribution in [0.1, 0.15) is 35.5 Å². The molecule has 2 rings (SSSR count). The molecule has 1 fully saturated rings. The zero-order valence-electron chi connectivity index (χ0n) is 11.8. The summed E-state index contributed by atoms with van der Waals surface area (Å²) in [6.45, 7) is 5.11. The van der Waals surface area contributed by atoms with Gasteiger partial charge in [0.2, 0.25) is 0 Å². The van der Waals surface area contributed by atoms with Crippen molar-refractivity contribution in [1.82, 2.24) is 4.90 Å². The molecule has 1 N–H and O–H groups in total. The van der Waals surface area contributed by atoms with Crippen LogP contribution >= 0.6 is 11.3 Å². The lowest BCUT2D eigenvalue weighted by atomic mass is 10.1. The van der Waals surface area contributed by atoms with Crippen molar-refractivity contribution in [2.45, 2.75) is 32.4 Å². The molecule has 2 heterocycles. The fraction of sp³-hybridized carbons (Fsp3) is 0.533. The Morgan fingerprint density at radius 3 is 3.15 bits per heavy atom. The number of hydrogen-bond acceptors (Lipinski definition) is 4. The number of aliphatic hydroxyl groups excluding tert-OH is 1. The normalized spacial score (nSPS) is 22.2. The van der Waals surface area contributed by atoms with E-state index in [2.05, 4.69) is 18.8 Å². The summed E-state index contributed by atoms with van der Waals surface area (Å²) in [7, 11) is 0. The molecular weight excluding hydrogens is 274 g/mol. The molecule has 0 radical (unpaired) electrons. The Bertz CT molecular complexity index is 529. The maximum Gasteiger partial charge on any atom is 0.255 e. The molecule has 0 bridgehead atoms. The van der Waals surface area contributed by atoms with Gasteiger partial charge in [0.25, 0.3) is 5.91 Å². The number of nitrogens with zero attached hydrogens (tertiary/aromatic N) is 1. The predicted octanol–water partition coefficient (Wildman–Crippen LogP) is 1.73. The van der Waals surface area contributed by atoms with Crippen LogP contribution < -0.4 is 0 Å². The Labute approximate surface area is 123 Å². The molecule has 1 aromatic heterocycles. The summed E-state index contributed by atoms with van der Waals surface area (Å²) in [5.41, 5.74) is 0.671. The topological polar surface area (TPSA) is 49.8 Å². The molecule has 1 saturated heterocycles. The van der Waals surface area contributed by atoms with Gasteiger partial charge in [-0.15, -0.1) is 11.3 Å². The molecule has 0 spiro atoms. The monoisotopic (exact) mass is 293 g/mol. The van der Waals surface area contributed by atoms with E-state index in [9.17, 15) is 4.79 Å². The van der Waals surface area contributed by atoms with Gasteiger partial charge in [-0.3, -0.25) is 4.79 Å². The Kier molecular flexibility index (Phi) is 5.18. The number of amides is 1. The largest absolute Gasteiger partial charge is 0.384 e. The molecule has 1 aromatic rings. The Morgan fingerprint density at radius 2 is 2.45 bits per heavy atom. The molecule has 5 heteroatoms. The van der Waals surface area contributed by atoms with Crippen molar-refractivity contribution < 1.29 is 14.6 Å². The molecule has 0 aromatic carbocycles. The first-order chi connectivity index (χ1) is 9.65. The van der Waals surface area contributed by atoms with Crippen molar-refractivity contribution in [3.8, 4) is 11.8 Å². The highest BCUT2D eigenvalue weighted by Gasteiger charge is 2.30. The fourth-order valence-electron chi connectivity index (χ4n) is 2.24. The summed E-state index contributed by atoms with van der Waals surface area (Å²) in [5, 5.41) is 10.5. The number of aliphatic hydroxyl groups is 1. The van der Waals surface area contributed by atoms with Crippen LogP contribution in [0, 0.1) is 11.8 Å². The number of rotatable bonds is 2. The van der Waals surface area contributed by atoms with E-state index < -0.39 is 0 Å². The van der Waals surface area contributed by atoms with Crippen molar-refractivity contribution in [2.24, 2.45) is 0 Å². The molecule has 4 nitrogen and oxygen atoms in total. The second-order valence-electron chi connectivity index (χ2n) is 4.82. The first kappa shape index (κ1) is 15.0. The lowest BCUT2D eigenvalue weighted by Gasteiger charge is -2.38. The number of ether oxygens (including phenoxy) is 1. The van der Waals surface area contributed by atoms with Crippen LogP contribution in [0.2, 0.25) is 0 Å². The van der Waals surface area contributed by atoms with Crippen LogP contribution in [-0.2, 0) is 4.74 Å². The van der Waals surface area contributed by atoms with E-state index in [1.165, 1.54) is 11.3 Å². The molecule has 1 aliphatic heterocycles. The molecule has 2 atom stereocenters. The SMILES string of the molecule is CCC1COC(C)CN1C(=O)c1csc(C#CCO)c1. The average molecular weight is 293 g/mol. The fourth-order valence-corrected chi connectivity index (χ4v) is 2.99. The van der Waals surface area contributed by atoms with Gasteiger partial charge in [0, 0.05) is 11.9 Å². The summed E-state index contributed by atoms with van der Waals surface area (Å²) >= 11 is 1.43. The van der Waals surface area contributed by atoms with Crippen LogP contribution in [0.4, 0.5) is 0 Å². The van der Waals surface area contributed by atoms with Crippen LogP contribution in [0.5, 0.6) is 0 Å². The maximum atomic E-state index is 12.6. The highest BCUT2D eigenvalue weighted by molar-refractivity contribution is 7.10. The number of morpholine rings is 1. The summed E-state index contributed by atoms with van der Waals surface area (Å²) < 4.78 is 5.61. The lowest BCUT2D eigenvalue weighted by molar-refractivity contribution is -0.0443. The number of carbonyl (C=O) groups is 1. The summed E-state index contributed by atoms with van der Waals surface area (Å²) in [4.78, 5) is 15.3. The van der Waals surface area contributed by atoms with Crippen LogP contribution in [0.3, 0.4) is 0 Å². The van der Waals surface area contributed by atoms with Crippen molar-refractivity contribution in [3.63, 3.8) is 0 Å². The minimum absolute atomic E-state index is 0.0419. The quantitative estimate of drug-likeness (QED) is 0.845. The van der Waals surface area contributed by atoms with Gasteiger partial charge in [0.05, 0.1) is 29.2 Å². The van der Waals surface area contributed by atoms with Crippen LogP contribution in [0.25, 0.3) is 0 Å². The van der Waals surface area contributed by atoms with Crippen LogP contribution in [-0.4, -0.2) is 47.8 Å². The van der Waals surface area contributed by atoms with Gasteiger partial charge >= 0.3 is 0 Å². The standard InChI is InChI=1S/C15H19NO3S/c1-3-13-9-19-11(2)8-16(13)15(18)12-7-14(20-10-12)5-4-6-17/h7,10-11,13,17H,3,6,8-9H2,1-2H3. The van der Waals surface area contributed by atoms with Gasteiger partial charge < -0.3 is 14.7 Å². The predicted molar refractivity (Wildman–Crippen MR) is 78.8 cm³/mol. The van der Waals surface area contributed by atoms with Gasteiger partial charge in [-0.25, -0.2) is 0 Å². The first-order valence-corrected chi connectivity index (χ1v) is 7.64. The Morgan fingerprint density at radius 1 is 1.65 bits per heavy atom. The minimum atomic E-state index is -0.167. The summed E-state index contributed by atoms with van der Waals surface area (Å²) in [6.07, 6.45) is 0.966. The molecule has 108 valence electrons. The van der Waals surface area contributed by atoms with Gasteiger partial charge in [0.15, 0.2) is 0 Å². The molecule has 1 amide bonds. The van der Waals surface area contributed by atoms with Crippen molar-refractivity contribution in [1.29, 1.82) is 0 Å². The minimum Gasteiger partial charge on any atom is -0.384 e. The van der Waals surface area contributed by atoms with Crippen LogP contribution in [0.15, 0.2) is 11.4 Å². The Balaban J connectivity index is 2.14. The zero-order chi connectivity index (χ0) is 14.5. The average Bonchev–Trinajstić information content (AvgIpc) is 2.93. The second-order valence-corrected chi connectivity index (χ2v) is 5.73. The number of thiophene rings is 1. The van der Waals surface area contributed by atoms with E-state index in [1.807, 2.05) is 17.2 Å². The molecule has 2 unspecified atom stereocenters. The van der Waals surface area contributed by atoms with E-state index in [0.29, 0.717) is 18.7 Å². The van der Waals surface area contributed by atoms with E-state index >= 15 is 0 Å². The molecular formula is C15H19NO3S. The van der Waals surface area contributed by atoms with Gasteiger partial charge in [-0.2, -0.15) is 0 Å².